The van der Waals surface area contributed by atoms with Crippen molar-refractivity contribution in [3.8, 4) is 11.9 Å². The lowest BCUT2D eigenvalue weighted by Gasteiger charge is -2.00. The van der Waals surface area contributed by atoms with Crippen LogP contribution in [0.25, 0.3) is 0 Å². The molecule has 1 heterocycles. The van der Waals surface area contributed by atoms with Crippen molar-refractivity contribution >= 4 is 0 Å². The minimum Gasteiger partial charge on any atom is -0.478 e. The van der Waals surface area contributed by atoms with E-state index in [1.807, 2.05) is 13.0 Å². The van der Waals surface area contributed by atoms with Crippen molar-refractivity contribution in [1.82, 2.24) is 9.97 Å². The summed E-state index contributed by atoms with van der Waals surface area (Å²) in [5.74, 6) is 0.526. The Balaban J connectivity index is 2.75. The molecule has 0 saturated carbocycles. The number of nitrogens with zero attached hydrogens (tertiary/aromatic N) is 3. The first kappa shape index (κ1) is 8.47. The van der Waals surface area contributed by atoms with E-state index in [0.29, 0.717) is 24.6 Å². The Kier molecular flexibility index (Phi) is 3.03. The Morgan fingerprint density at radius 1 is 1.58 bits per heavy atom. The summed E-state index contributed by atoms with van der Waals surface area (Å²) in [7, 11) is 0. The van der Waals surface area contributed by atoms with Gasteiger partial charge in [-0.05, 0) is 6.92 Å². The normalized spacial score (nSPS) is 9.00. The fraction of sp³-hybridized carbons (Fsp3) is 0.375. The highest BCUT2D eigenvalue weighted by molar-refractivity contribution is 5.15. The first-order chi connectivity index (χ1) is 5.86. The highest BCUT2D eigenvalue weighted by Gasteiger charge is 1.97. The molecule has 0 amide bonds. The molecule has 0 spiro atoms. The molecule has 0 fully saturated rings. The van der Waals surface area contributed by atoms with Gasteiger partial charge in [-0.2, -0.15) is 5.26 Å². The average Bonchev–Trinajstić information content (AvgIpc) is 2.06. The van der Waals surface area contributed by atoms with E-state index >= 15 is 0 Å². The predicted octanol–water partition coefficient (Wildman–Crippen LogP) is 0.941. The quantitative estimate of drug-likeness (QED) is 0.665. The van der Waals surface area contributed by atoms with Gasteiger partial charge in [0.1, 0.15) is 6.33 Å². The Hall–Kier alpha value is -1.63. The Labute approximate surface area is 70.8 Å². The summed E-state index contributed by atoms with van der Waals surface area (Å²) in [6.07, 6.45) is 1.69. The smallest absolute Gasteiger partial charge is 0.216 e. The molecule has 4 heteroatoms. The van der Waals surface area contributed by atoms with Gasteiger partial charge >= 0.3 is 0 Å². The van der Waals surface area contributed by atoms with E-state index in [-0.39, 0.29) is 0 Å². The van der Waals surface area contributed by atoms with Crippen LogP contribution in [0.15, 0.2) is 12.4 Å². The van der Waals surface area contributed by atoms with Crippen LogP contribution in [-0.4, -0.2) is 16.6 Å². The molecule has 0 aliphatic heterocycles. The third-order valence-corrected chi connectivity index (χ3v) is 1.25. The van der Waals surface area contributed by atoms with Crippen molar-refractivity contribution in [2.75, 3.05) is 6.61 Å². The second kappa shape index (κ2) is 4.29. The summed E-state index contributed by atoms with van der Waals surface area (Å²) >= 11 is 0. The molecule has 62 valence electrons. The zero-order valence-electron chi connectivity index (χ0n) is 6.82. The second-order valence-corrected chi connectivity index (χ2v) is 2.12. The monoisotopic (exact) mass is 163 g/mol. The fourth-order valence-electron chi connectivity index (χ4n) is 0.781. The maximum atomic E-state index is 8.39. The van der Waals surface area contributed by atoms with Gasteiger partial charge in [-0.15, -0.1) is 0 Å². The highest BCUT2D eigenvalue weighted by Crippen LogP contribution is 2.06. The molecule has 0 atom stereocenters. The van der Waals surface area contributed by atoms with Crippen LogP contribution in [0.3, 0.4) is 0 Å². The third-order valence-electron chi connectivity index (χ3n) is 1.25. The van der Waals surface area contributed by atoms with Gasteiger partial charge in [0.25, 0.3) is 0 Å². The van der Waals surface area contributed by atoms with Crippen LogP contribution in [0.5, 0.6) is 5.88 Å². The van der Waals surface area contributed by atoms with Crippen molar-refractivity contribution in [2.45, 2.75) is 13.3 Å². The zero-order valence-corrected chi connectivity index (χ0v) is 6.82. The molecule has 0 aliphatic rings. The van der Waals surface area contributed by atoms with E-state index in [9.17, 15) is 0 Å². The summed E-state index contributed by atoms with van der Waals surface area (Å²) in [4.78, 5) is 7.77. The molecule has 1 aromatic rings. The van der Waals surface area contributed by atoms with E-state index in [4.69, 9.17) is 10.00 Å². The van der Waals surface area contributed by atoms with Crippen molar-refractivity contribution in [3.63, 3.8) is 0 Å². The molecule has 12 heavy (non-hydrogen) atoms. The van der Waals surface area contributed by atoms with Crippen LogP contribution in [0.2, 0.25) is 0 Å². The maximum Gasteiger partial charge on any atom is 0.216 e. The van der Waals surface area contributed by atoms with Gasteiger partial charge in [-0.3, -0.25) is 0 Å². The average molecular weight is 163 g/mol. The SMILES string of the molecule is CCOc1cc(CC#N)ncn1. The minimum absolute atomic E-state index is 0.294. The molecule has 0 saturated heterocycles. The number of ether oxygens (including phenoxy) is 1. The number of hydrogen-bond acceptors (Lipinski definition) is 4. The number of rotatable bonds is 3. The lowest BCUT2D eigenvalue weighted by Crippen LogP contribution is -1.97. The van der Waals surface area contributed by atoms with Gasteiger partial charge in [0.2, 0.25) is 5.88 Å². The lowest BCUT2D eigenvalue weighted by atomic mass is 10.3. The molecule has 1 aromatic heterocycles. The van der Waals surface area contributed by atoms with Gasteiger partial charge in [-0.1, -0.05) is 0 Å². The van der Waals surface area contributed by atoms with Crippen LogP contribution >= 0.6 is 0 Å². The van der Waals surface area contributed by atoms with Gasteiger partial charge in [-0.25, -0.2) is 9.97 Å². The molecule has 0 N–H and O–H groups in total. The summed E-state index contributed by atoms with van der Waals surface area (Å²) in [5, 5.41) is 8.39. The number of nitriles is 1. The second-order valence-electron chi connectivity index (χ2n) is 2.12. The predicted molar refractivity (Wildman–Crippen MR) is 42.5 cm³/mol. The minimum atomic E-state index is 0.294. The molecule has 0 aliphatic carbocycles. The van der Waals surface area contributed by atoms with E-state index in [1.165, 1.54) is 6.33 Å². The van der Waals surface area contributed by atoms with E-state index in [1.54, 1.807) is 6.07 Å². The van der Waals surface area contributed by atoms with Crippen LogP contribution in [0, 0.1) is 11.3 Å². The van der Waals surface area contributed by atoms with Crippen molar-refractivity contribution < 1.29 is 4.74 Å². The van der Waals surface area contributed by atoms with Crippen LogP contribution in [-0.2, 0) is 6.42 Å². The molecule has 0 radical (unpaired) electrons. The van der Waals surface area contributed by atoms with Gasteiger partial charge in [0.15, 0.2) is 0 Å². The summed E-state index contributed by atoms with van der Waals surface area (Å²) < 4.78 is 5.13. The molecule has 0 bridgehead atoms. The first-order valence-corrected chi connectivity index (χ1v) is 3.67. The van der Waals surface area contributed by atoms with E-state index < -0.39 is 0 Å². The Morgan fingerprint density at radius 2 is 2.42 bits per heavy atom. The van der Waals surface area contributed by atoms with Crippen LogP contribution in [0.1, 0.15) is 12.6 Å². The third kappa shape index (κ3) is 2.20. The van der Waals surface area contributed by atoms with E-state index in [2.05, 4.69) is 9.97 Å². The molecular weight excluding hydrogens is 154 g/mol. The lowest BCUT2D eigenvalue weighted by molar-refractivity contribution is 0.325. The summed E-state index contributed by atoms with van der Waals surface area (Å²) in [6.45, 7) is 2.45. The van der Waals surface area contributed by atoms with Crippen molar-refractivity contribution in [2.24, 2.45) is 0 Å². The van der Waals surface area contributed by atoms with Crippen LogP contribution in [0.4, 0.5) is 0 Å². The van der Waals surface area contributed by atoms with Gasteiger partial charge in [0.05, 0.1) is 24.8 Å². The number of hydrogen-bond donors (Lipinski definition) is 0. The van der Waals surface area contributed by atoms with Crippen molar-refractivity contribution in [3.05, 3.63) is 18.1 Å². The van der Waals surface area contributed by atoms with Gasteiger partial charge < -0.3 is 4.74 Å². The fourth-order valence-corrected chi connectivity index (χ4v) is 0.781. The first-order valence-electron chi connectivity index (χ1n) is 3.67. The Morgan fingerprint density at radius 3 is 3.08 bits per heavy atom. The number of aromatic nitrogens is 2. The maximum absolute atomic E-state index is 8.39. The molecule has 0 aromatic carbocycles. The van der Waals surface area contributed by atoms with Crippen molar-refractivity contribution in [1.29, 1.82) is 5.26 Å². The van der Waals surface area contributed by atoms with Gasteiger partial charge in [0, 0.05) is 6.07 Å². The molecular formula is C8H9N3O. The molecule has 1 rings (SSSR count). The topological polar surface area (TPSA) is 58.8 Å². The standard InChI is InChI=1S/C8H9N3O/c1-2-12-8-5-7(3-4-9)10-6-11-8/h5-6H,2-3H2,1H3. The summed E-state index contributed by atoms with van der Waals surface area (Å²) in [6, 6.07) is 3.68. The molecule has 0 unspecified atom stereocenters. The zero-order chi connectivity index (χ0) is 8.81. The largest absolute Gasteiger partial charge is 0.478 e. The molecule has 4 nitrogen and oxygen atoms in total. The summed E-state index contributed by atoms with van der Waals surface area (Å²) in [5.41, 5.74) is 0.691. The Bertz CT molecular complexity index is 293. The highest BCUT2D eigenvalue weighted by atomic mass is 16.5. The van der Waals surface area contributed by atoms with E-state index in [0.717, 1.165) is 0 Å². The van der Waals surface area contributed by atoms with Crippen LogP contribution < -0.4 is 4.74 Å².